The molecular weight excluding hydrogens is 496 g/mol. The molecule has 3 aromatic rings. The Kier molecular flexibility index (Phi) is 7.78. The van der Waals surface area contributed by atoms with Crippen LogP contribution in [0.4, 0.5) is 11.8 Å². The zero-order valence-corrected chi connectivity index (χ0v) is 22.5. The van der Waals surface area contributed by atoms with Gasteiger partial charge in [0.15, 0.2) is 17.0 Å². The number of fused-ring (bicyclic) bond motifs is 1. The van der Waals surface area contributed by atoms with Crippen LogP contribution in [0.1, 0.15) is 31.2 Å². The average molecular weight is 535 g/mol. The summed E-state index contributed by atoms with van der Waals surface area (Å²) in [5, 5.41) is 13.1. The van der Waals surface area contributed by atoms with Crippen LogP contribution in [0.3, 0.4) is 0 Å². The number of morpholine rings is 1. The number of phenolic OH excluding ortho intramolecular Hbond substituents is 1. The zero-order chi connectivity index (χ0) is 26.6. The van der Waals surface area contributed by atoms with Crippen molar-refractivity contribution in [1.29, 1.82) is 0 Å². The van der Waals surface area contributed by atoms with Gasteiger partial charge in [-0.15, -0.1) is 0 Å². The summed E-state index contributed by atoms with van der Waals surface area (Å²) in [7, 11) is 0. The molecule has 39 heavy (non-hydrogen) atoms. The van der Waals surface area contributed by atoms with E-state index < -0.39 is 0 Å². The maximum atomic E-state index is 12.1. The lowest BCUT2D eigenvalue weighted by molar-refractivity contribution is -0.127. The van der Waals surface area contributed by atoms with Crippen LogP contribution in [0, 0.1) is 0 Å². The number of hydrogen-bond donors (Lipinski definition) is 2. The Morgan fingerprint density at radius 3 is 2.54 bits per heavy atom. The first kappa shape index (κ1) is 25.8. The Balaban J connectivity index is 1.20. The van der Waals surface area contributed by atoms with Crippen molar-refractivity contribution in [3.63, 3.8) is 0 Å². The van der Waals surface area contributed by atoms with Crippen molar-refractivity contribution < 1.29 is 14.6 Å². The number of anilines is 2. The monoisotopic (exact) mass is 534 g/mol. The highest BCUT2D eigenvalue weighted by atomic mass is 16.5. The molecule has 1 aromatic carbocycles. The molecule has 3 aliphatic rings. The maximum absolute atomic E-state index is 12.1. The van der Waals surface area contributed by atoms with Gasteiger partial charge in [-0.05, 0) is 43.4 Å². The average Bonchev–Trinajstić information content (AvgIpc) is 3.59. The summed E-state index contributed by atoms with van der Waals surface area (Å²) >= 11 is 0. The van der Waals surface area contributed by atoms with Gasteiger partial charge in [0.1, 0.15) is 5.75 Å². The van der Waals surface area contributed by atoms with Crippen LogP contribution in [0.25, 0.3) is 11.2 Å². The molecule has 5 heterocycles. The summed E-state index contributed by atoms with van der Waals surface area (Å²) in [4.78, 5) is 33.6. The molecule has 0 unspecified atom stereocenters. The molecule has 2 N–H and O–H groups in total. The fraction of sp³-hybridized carbons (Fsp3) is 0.571. The first-order chi connectivity index (χ1) is 19.1. The van der Waals surface area contributed by atoms with E-state index >= 15 is 0 Å². The normalized spacial score (nSPS) is 19.3. The molecule has 3 aliphatic heterocycles. The third-order valence-corrected chi connectivity index (χ3v) is 8.19. The van der Waals surface area contributed by atoms with Gasteiger partial charge in [-0.1, -0.05) is 12.1 Å². The number of rotatable bonds is 9. The van der Waals surface area contributed by atoms with Gasteiger partial charge in [-0.3, -0.25) is 9.69 Å². The number of carbonyl (C=O) groups excluding carboxylic acids is 1. The number of ether oxygens (including phenoxy) is 1. The number of nitrogens with zero attached hydrogens (tertiary/aromatic N) is 7. The Morgan fingerprint density at radius 1 is 1.00 bits per heavy atom. The van der Waals surface area contributed by atoms with Crippen LogP contribution < -0.4 is 10.2 Å². The molecule has 0 aliphatic carbocycles. The van der Waals surface area contributed by atoms with Gasteiger partial charge in [-0.2, -0.15) is 9.97 Å². The lowest BCUT2D eigenvalue weighted by Gasteiger charge is -2.40. The number of hydrogen-bond acceptors (Lipinski definition) is 9. The molecular formula is C28H38N8O3. The fourth-order valence-electron chi connectivity index (χ4n) is 5.89. The Bertz CT molecular complexity index is 1270. The van der Waals surface area contributed by atoms with E-state index in [9.17, 15) is 9.90 Å². The third kappa shape index (κ3) is 5.94. The topological polar surface area (TPSA) is 112 Å². The van der Waals surface area contributed by atoms with E-state index in [2.05, 4.69) is 24.7 Å². The minimum Gasteiger partial charge on any atom is -0.508 e. The molecule has 6 rings (SSSR count). The quantitative estimate of drug-likeness (QED) is 0.426. The standard InChI is InChI=1S/C28H38N8O3/c37-23-5-3-21(4-6-23)7-10-29-26-25-27(36(20-30-25)15-14-34-11-1-2-24(34)38)32-28(31-26)35-12-8-22(9-13-35)33-16-18-39-19-17-33/h3-6,20,22,37H,1-2,7-19H2,(H,29,31,32). The molecule has 0 radical (unpaired) electrons. The Labute approximate surface area is 228 Å². The number of carbonyl (C=O) groups is 1. The first-order valence-corrected chi connectivity index (χ1v) is 14.2. The largest absolute Gasteiger partial charge is 0.508 e. The number of amides is 1. The molecule has 0 spiro atoms. The lowest BCUT2D eigenvalue weighted by atomic mass is 10.0. The van der Waals surface area contributed by atoms with Crippen LogP contribution in [0.15, 0.2) is 30.6 Å². The Morgan fingerprint density at radius 2 is 1.79 bits per heavy atom. The van der Waals surface area contributed by atoms with E-state index in [1.165, 1.54) is 0 Å². The molecule has 11 nitrogen and oxygen atoms in total. The second-order valence-electron chi connectivity index (χ2n) is 10.7. The number of piperidine rings is 1. The molecule has 2 aromatic heterocycles. The van der Waals surface area contributed by atoms with Gasteiger partial charge in [-0.25, -0.2) is 4.98 Å². The van der Waals surface area contributed by atoms with E-state index in [0.29, 0.717) is 32.1 Å². The number of imidazole rings is 1. The van der Waals surface area contributed by atoms with Crippen LogP contribution in [0.2, 0.25) is 0 Å². The second kappa shape index (κ2) is 11.7. The number of aromatic nitrogens is 4. The highest BCUT2D eigenvalue weighted by Crippen LogP contribution is 2.26. The van der Waals surface area contributed by atoms with Crippen molar-refractivity contribution in [2.75, 3.05) is 69.2 Å². The van der Waals surface area contributed by atoms with Crippen molar-refractivity contribution in [2.45, 2.75) is 44.7 Å². The van der Waals surface area contributed by atoms with Gasteiger partial charge >= 0.3 is 0 Å². The molecule has 3 saturated heterocycles. The van der Waals surface area contributed by atoms with Gasteiger partial charge < -0.3 is 29.5 Å². The van der Waals surface area contributed by atoms with Crippen molar-refractivity contribution in [3.8, 4) is 5.75 Å². The van der Waals surface area contributed by atoms with Gasteiger partial charge in [0.25, 0.3) is 0 Å². The number of nitrogens with one attached hydrogen (secondary N) is 1. The van der Waals surface area contributed by atoms with Crippen molar-refractivity contribution in [3.05, 3.63) is 36.2 Å². The molecule has 3 fully saturated rings. The second-order valence-corrected chi connectivity index (χ2v) is 10.7. The Hall–Kier alpha value is -3.44. The molecule has 0 bridgehead atoms. The summed E-state index contributed by atoms with van der Waals surface area (Å²) in [5.74, 6) is 1.97. The van der Waals surface area contributed by atoms with E-state index in [-0.39, 0.29) is 11.7 Å². The third-order valence-electron chi connectivity index (χ3n) is 8.19. The minimum absolute atomic E-state index is 0.231. The molecule has 208 valence electrons. The maximum Gasteiger partial charge on any atom is 0.229 e. The molecule has 11 heteroatoms. The molecule has 1 amide bonds. The van der Waals surface area contributed by atoms with Crippen molar-refractivity contribution >= 4 is 28.8 Å². The number of phenols is 1. The van der Waals surface area contributed by atoms with Crippen LogP contribution in [-0.2, 0) is 22.5 Å². The van der Waals surface area contributed by atoms with Crippen LogP contribution in [0.5, 0.6) is 5.75 Å². The van der Waals surface area contributed by atoms with E-state index in [4.69, 9.17) is 14.7 Å². The van der Waals surface area contributed by atoms with Crippen LogP contribution in [-0.4, -0.2) is 105 Å². The number of benzene rings is 1. The van der Waals surface area contributed by atoms with Gasteiger partial charge in [0.05, 0.1) is 19.5 Å². The zero-order valence-electron chi connectivity index (χ0n) is 22.5. The fourth-order valence-corrected chi connectivity index (χ4v) is 5.89. The lowest BCUT2D eigenvalue weighted by Crippen LogP contribution is -2.49. The predicted molar refractivity (Wildman–Crippen MR) is 149 cm³/mol. The van der Waals surface area contributed by atoms with Gasteiger partial charge in [0.2, 0.25) is 11.9 Å². The van der Waals surface area contributed by atoms with Crippen LogP contribution >= 0.6 is 0 Å². The van der Waals surface area contributed by atoms with E-state index in [1.54, 1.807) is 12.1 Å². The summed E-state index contributed by atoms with van der Waals surface area (Å²) in [6.45, 7) is 8.34. The SMILES string of the molecule is O=C1CCCN1CCn1cnc2c(NCCc3ccc(O)cc3)nc(N3CCC(N4CCOCC4)CC3)nc21. The highest BCUT2D eigenvalue weighted by molar-refractivity contribution is 5.84. The van der Waals surface area contributed by atoms with E-state index in [1.807, 2.05) is 23.4 Å². The summed E-state index contributed by atoms with van der Waals surface area (Å²) in [5.41, 5.74) is 2.69. The first-order valence-electron chi connectivity index (χ1n) is 14.2. The van der Waals surface area contributed by atoms with Crippen molar-refractivity contribution in [1.82, 2.24) is 29.3 Å². The molecule has 0 atom stereocenters. The number of aromatic hydroxyl groups is 1. The van der Waals surface area contributed by atoms with E-state index in [0.717, 1.165) is 100 Å². The number of likely N-dealkylation sites (tertiary alicyclic amines) is 1. The summed E-state index contributed by atoms with van der Waals surface area (Å²) in [6.07, 6.45) is 6.36. The minimum atomic E-state index is 0.231. The summed E-state index contributed by atoms with van der Waals surface area (Å²) < 4.78 is 7.60. The molecule has 0 saturated carbocycles. The van der Waals surface area contributed by atoms with Crippen molar-refractivity contribution in [2.24, 2.45) is 0 Å². The van der Waals surface area contributed by atoms with Gasteiger partial charge in [0, 0.05) is 64.8 Å². The smallest absolute Gasteiger partial charge is 0.229 e. The predicted octanol–water partition coefficient (Wildman–Crippen LogP) is 2.11. The summed E-state index contributed by atoms with van der Waals surface area (Å²) in [6, 6.07) is 7.88. The highest BCUT2D eigenvalue weighted by Gasteiger charge is 2.28.